The van der Waals surface area contributed by atoms with Gasteiger partial charge in [-0.05, 0) is 41.8 Å². The number of fused-ring (bicyclic) bond motifs is 1. The SMILES string of the molecule is CCc1ccc(-n2c(SCc3nc(Cc4ccccc4)no3)nc3ccccc3c2=O)cc1. The molecule has 2 aromatic heterocycles. The van der Waals surface area contributed by atoms with E-state index in [-0.39, 0.29) is 5.56 Å². The standard InChI is InChI=1S/C26H22N4O2S/c1-2-18-12-14-20(15-13-18)30-25(31)21-10-6-7-11-22(21)27-26(30)33-17-24-28-23(29-32-24)16-19-8-4-3-5-9-19/h3-15H,2,16-17H2,1H3. The first-order valence-electron chi connectivity index (χ1n) is 10.8. The Hall–Kier alpha value is -3.71. The number of rotatable bonds is 7. The van der Waals surface area contributed by atoms with E-state index in [2.05, 4.69) is 17.1 Å². The van der Waals surface area contributed by atoms with Gasteiger partial charge in [0.1, 0.15) is 0 Å². The minimum Gasteiger partial charge on any atom is -0.338 e. The van der Waals surface area contributed by atoms with Gasteiger partial charge in [-0.3, -0.25) is 9.36 Å². The summed E-state index contributed by atoms with van der Waals surface area (Å²) in [6, 6.07) is 25.4. The van der Waals surface area contributed by atoms with Crippen LogP contribution >= 0.6 is 11.8 Å². The summed E-state index contributed by atoms with van der Waals surface area (Å²) < 4.78 is 7.12. The van der Waals surface area contributed by atoms with Crippen molar-refractivity contribution in [3.8, 4) is 5.69 Å². The lowest BCUT2D eigenvalue weighted by molar-refractivity contribution is 0.385. The molecule has 0 aliphatic carbocycles. The van der Waals surface area contributed by atoms with E-state index in [4.69, 9.17) is 9.51 Å². The highest BCUT2D eigenvalue weighted by atomic mass is 32.2. The van der Waals surface area contributed by atoms with Crippen LogP contribution in [0.4, 0.5) is 0 Å². The summed E-state index contributed by atoms with van der Waals surface area (Å²) in [5, 5.41) is 5.28. The second-order valence-corrected chi connectivity index (χ2v) is 8.57. The number of hydrogen-bond acceptors (Lipinski definition) is 6. The molecule has 5 rings (SSSR count). The Morgan fingerprint density at radius 3 is 2.42 bits per heavy atom. The maximum Gasteiger partial charge on any atom is 0.266 e. The first-order chi connectivity index (χ1) is 16.2. The molecule has 3 aromatic carbocycles. The molecule has 33 heavy (non-hydrogen) atoms. The summed E-state index contributed by atoms with van der Waals surface area (Å²) in [6.45, 7) is 2.11. The van der Waals surface area contributed by atoms with Crippen molar-refractivity contribution in [2.45, 2.75) is 30.7 Å². The molecule has 0 aliphatic rings. The van der Waals surface area contributed by atoms with Crippen molar-refractivity contribution < 1.29 is 4.52 Å². The fourth-order valence-electron chi connectivity index (χ4n) is 3.64. The van der Waals surface area contributed by atoms with Crippen LogP contribution in [0.3, 0.4) is 0 Å². The van der Waals surface area contributed by atoms with Gasteiger partial charge >= 0.3 is 0 Å². The van der Waals surface area contributed by atoms with E-state index >= 15 is 0 Å². The Labute approximate surface area is 195 Å². The molecule has 0 amide bonds. The van der Waals surface area contributed by atoms with Crippen molar-refractivity contribution >= 4 is 22.7 Å². The fraction of sp³-hybridized carbons (Fsp3) is 0.154. The van der Waals surface area contributed by atoms with E-state index in [1.54, 1.807) is 4.57 Å². The third-order valence-electron chi connectivity index (χ3n) is 5.39. The number of aryl methyl sites for hydroxylation is 1. The number of aromatic nitrogens is 4. The van der Waals surface area contributed by atoms with Crippen LogP contribution in [0.25, 0.3) is 16.6 Å². The predicted octanol–water partition coefficient (Wildman–Crippen LogP) is 5.21. The van der Waals surface area contributed by atoms with Gasteiger partial charge in [0.05, 0.1) is 22.3 Å². The largest absolute Gasteiger partial charge is 0.338 e. The lowest BCUT2D eigenvalue weighted by atomic mass is 10.1. The molecule has 7 heteroatoms. The second kappa shape index (κ2) is 9.42. The van der Waals surface area contributed by atoms with Crippen molar-refractivity contribution in [3.05, 3.63) is 112 Å². The number of para-hydroxylation sites is 1. The summed E-state index contributed by atoms with van der Waals surface area (Å²) in [4.78, 5) is 22.7. The van der Waals surface area contributed by atoms with Gasteiger partial charge in [-0.15, -0.1) is 0 Å². The van der Waals surface area contributed by atoms with Crippen molar-refractivity contribution in [3.63, 3.8) is 0 Å². The molecule has 2 heterocycles. The molecule has 164 valence electrons. The lowest BCUT2D eigenvalue weighted by Gasteiger charge is -2.13. The molecule has 5 aromatic rings. The van der Waals surface area contributed by atoms with Crippen molar-refractivity contribution in [1.29, 1.82) is 0 Å². The highest BCUT2D eigenvalue weighted by Crippen LogP contribution is 2.24. The summed E-state index contributed by atoms with van der Waals surface area (Å²) in [5.41, 5.74) is 3.70. The Kier molecular flexibility index (Phi) is 6.04. The smallest absolute Gasteiger partial charge is 0.266 e. The van der Waals surface area contributed by atoms with Crippen LogP contribution in [0.1, 0.15) is 29.8 Å². The monoisotopic (exact) mass is 454 g/mol. The Balaban J connectivity index is 1.45. The normalized spacial score (nSPS) is 11.2. The van der Waals surface area contributed by atoms with Crippen LogP contribution in [0.5, 0.6) is 0 Å². The molecule has 0 radical (unpaired) electrons. The number of thioether (sulfide) groups is 1. The number of benzene rings is 3. The van der Waals surface area contributed by atoms with Gasteiger partial charge in [0.15, 0.2) is 11.0 Å². The fourth-order valence-corrected chi connectivity index (χ4v) is 4.49. The van der Waals surface area contributed by atoms with Gasteiger partial charge in [0.25, 0.3) is 5.56 Å². The molecule has 0 fully saturated rings. The van der Waals surface area contributed by atoms with E-state index < -0.39 is 0 Å². The van der Waals surface area contributed by atoms with Gasteiger partial charge < -0.3 is 4.52 Å². The summed E-state index contributed by atoms with van der Waals surface area (Å²) in [7, 11) is 0. The number of nitrogens with zero attached hydrogens (tertiary/aromatic N) is 4. The van der Waals surface area contributed by atoms with E-state index in [0.29, 0.717) is 39.9 Å². The maximum absolute atomic E-state index is 13.4. The van der Waals surface area contributed by atoms with Gasteiger partial charge in [0, 0.05) is 6.42 Å². The zero-order chi connectivity index (χ0) is 22.6. The summed E-state index contributed by atoms with van der Waals surface area (Å²) in [5.74, 6) is 1.55. The zero-order valence-corrected chi connectivity index (χ0v) is 19.0. The topological polar surface area (TPSA) is 73.8 Å². The van der Waals surface area contributed by atoms with Crippen molar-refractivity contribution in [1.82, 2.24) is 19.7 Å². The second-order valence-electron chi connectivity index (χ2n) is 7.63. The van der Waals surface area contributed by atoms with Gasteiger partial charge in [-0.1, -0.05) is 78.4 Å². The third-order valence-corrected chi connectivity index (χ3v) is 6.31. The van der Waals surface area contributed by atoms with Gasteiger partial charge in [-0.25, -0.2) is 4.98 Å². The molecule has 0 bridgehead atoms. The van der Waals surface area contributed by atoms with Crippen LogP contribution in [0.15, 0.2) is 93.3 Å². The zero-order valence-electron chi connectivity index (χ0n) is 18.1. The van der Waals surface area contributed by atoms with Crippen molar-refractivity contribution in [2.24, 2.45) is 0 Å². The van der Waals surface area contributed by atoms with E-state index in [9.17, 15) is 4.79 Å². The molecular formula is C26H22N4O2S. The number of hydrogen-bond donors (Lipinski definition) is 0. The lowest BCUT2D eigenvalue weighted by Crippen LogP contribution is -2.21. The van der Waals surface area contributed by atoms with Gasteiger partial charge in [-0.2, -0.15) is 4.98 Å². The molecule has 0 aliphatic heterocycles. The maximum atomic E-state index is 13.4. The van der Waals surface area contributed by atoms with E-state index in [1.165, 1.54) is 17.3 Å². The molecule has 0 unspecified atom stereocenters. The average molecular weight is 455 g/mol. The Bertz CT molecular complexity index is 1440. The molecule has 0 spiro atoms. The summed E-state index contributed by atoms with van der Waals surface area (Å²) >= 11 is 1.41. The van der Waals surface area contributed by atoms with E-state index in [1.807, 2.05) is 78.9 Å². The molecule has 0 saturated carbocycles. The van der Waals surface area contributed by atoms with E-state index in [0.717, 1.165) is 17.7 Å². The third kappa shape index (κ3) is 4.59. The minimum absolute atomic E-state index is 0.0948. The Morgan fingerprint density at radius 2 is 1.64 bits per heavy atom. The van der Waals surface area contributed by atoms with Crippen LogP contribution in [-0.2, 0) is 18.6 Å². The van der Waals surface area contributed by atoms with Crippen LogP contribution in [0, 0.1) is 0 Å². The van der Waals surface area contributed by atoms with Crippen LogP contribution in [0.2, 0.25) is 0 Å². The van der Waals surface area contributed by atoms with Crippen LogP contribution < -0.4 is 5.56 Å². The molecule has 0 atom stereocenters. The van der Waals surface area contributed by atoms with Crippen LogP contribution in [-0.4, -0.2) is 19.7 Å². The minimum atomic E-state index is -0.0948. The molecule has 6 nitrogen and oxygen atoms in total. The van der Waals surface area contributed by atoms with Crippen molar-refractivity contribution in [2.75, 3.05) is 0 Å². The summed E-state index contributed by atoms with van der Waals surface area (Å²) in [6.07, 6.45) is 1.55. The van der Waals surface area contributed by atoms with Gasteiger partial charge in [0.2, 0.25) is 5.89 Å². The molecular weight excluding hydrogens is 432 g/mol. The first-order valence-corrected chi connectivity index (χ1v) is 11.8. The predicted molar refractivity (Wildman–Crippen MR) is 130 cm³/mol. The first kappa shape index (κ1) is 21.2. The average Bonchev–Trinajstić information content (AvgIpc) is 3.31. The molecule has 0 N–H and O–H groups in total. The highest BCUT2D eigenvalue weighted by Gasteiger charge is 2.15. The Morgan fingerprint density at radius 1 is 0.879 bits per heavy atom. The quantitative estimate of drug-likeness (QED) is 0.248. The molecule has 0 saturated heterocycles. The highest BCUT2D eigenvalue weighted by molar-refractivity contribution is 7.98.